The number of terminal acetylenes is 1. The standard InChI is InChI=1S/C14H25N3O2/c1-8-10-17(13(18)19-14(4,5)6)11(3)12(15-7)16-9-2/h2,11H,8,10H2,1,3-7H3,(H,15,16). The molecule has 19 heavy (non-hydrogen) atoms. The van der Waals surface area contributed by atoms with E-state index >= 15 is 0 Å². The largest absolute Gasteiger partial charge is 0.444 e. The number of aliphatic imine (C=N–C) groups is 1. The van der Waals surface area contributed by atoms with Crippen LogP contribution in [0.1, 0.15) is 41.0 Å². The molecule has 0 heterocycles. The van der Waals surface area contributed by atoms with Crippen molar-refractivity contribution in [1.82, 2.24) is 10.2 Å². The van der Waals surface area contributed by atoms with Crippen LogP contribution in [0.15, 0.2) is 4.99 Å². The van der Waals surface area contributed by atoms with Crippen LogP contribution in [-0.4, -0.2) is 42.1 Å². The summed E-state index contributed by atoms with van der Waals surface area (Å²) >= 11 is 0. The Morgan fingerprint density at radius 2 is 2.11 bits per heavy atom. The number of nitrogens with zero attached hydrogens (tertiary/aromatic N) is 2. The van der Waals surface area contributed by atoms with Crippen LogP contribution < -0.4 is 5.32 Å². The van der Waals surface area contributed by atoms with Gasteiger partial charge in [-0.3, -0.25) is 9.89 Å². The average Bonchev–Trinajstić information content (AvgIpc) is 2.29. The maximum Gasteiger partial charge on any atom is 0.410 e. The molecule has 0 saturated carbocycles. The van der Waals surface area contributed by atoms with E-state index in [-0.39, 0.29) is 12.1 Å². The maximum absolute atomic E-state index is 12.2. The van der Waals surface area contributed by atoms with Crippen molar-refractivity contribution in [3.05, 3.63) is 0 Å². The van der Waals surface area contributed by atoms with Crippen LogP contribution in [0.3, 0.4) is 0 Å². The molecule has 0 rings (SSSR count). The highest BCUT2D eigenvalue weighted by Crippen LogP contribution is 2.13. The predicted molar refractivity (Wildman–Crippen MR) is 78.0 cm³/mol. The predicted octanol–water partition coefficient (Wildman–Crippen LogP) is 2.23. The Hall–Kier alpha value is -1.70. The molecule has 1 N–H and O–H groups in total. The van der Waals surface area contributed by atoms with Crippen molar-refractivity contribution in [1.29, 1.82) is 0 Å². The molecule has 0 aliphatic heterocycles. The van der Waals surface area contributed by atoms with Gasteiger partial charge in [0, 0.05) is 19.6 Å². The highest BCUT2D eigenvalue weighted by Gasteiger charge is 2.27. The summed E-state index contributed by atoms with van der Waals surface area (Å²) in [6, 6.07) is 2.07. The van der Waals surface area contributed by atoms with Crippen LogP contribution in [0.25, 0.3) is 0 Å². The number of hydrogen-bond acceptors (Lipinski definition) is 3. The van der Waals surface area contributed by atoms with Crippen LogP contribution >= 0.6 is 0 Å². The monoisotopic (exact) mass is 267 g/mol. The summed E-state index contributed by atoms with van der Waals surface area (Å²) in [4.78, 5) is 17.9. The quantitative estimate of drug-likeness (QED) is 0.368. The maximum atomic E-state index is 12.2. The molecule has 1 amide bonds. The average molecular weight is 267 g/mol. The van der Waals surface area contributed by atoms with Crippen molar-refractivity contribution in [2.75, 3.05) is 13.6 Å². The lowest BCUT2D eigenvalue weighted by atomic mass is 10.2. The molecule has 0 aliphatic carbocycles. The number of carbonyl (C=O) groups excluding carboxylic acids is 1. The summed E-state index contributed by atoms with van der Waals surface area (Å²) < 4.78 is 5.40. The molecule has 0 spiro atoms. The molecule has 0 fully saturated rings. The number of ether oxygens (including phenoxy) is 1. The van der Waals surface area contributed by atoms with Crippen molar-refractivity contribution in [2.45, 2.75) is 52.7 Å². The first kappa shape index (κ1) is 17.3. The zero-order valence-corrected chi connectivity index (χ0v) is 12.8. The van der Waals surface area contributed by atoms with Crippen LogP contribution in [-0.2, 0) is 4.74 Å². The summed E-state index contributed by atoms with van der Waals surface area (Å²) in [5.74, 6) is 0.571. The lowest BCUT2D eigenvalue weighted by Gasteiger charge is -2.31. The number of carbonyl (C=O) groups is 1. The molecule has 108 valence electrons. The fourth-order valence-corrected chi connectivity index (χ4v) is 1.57. The minimum Gasteiger partial charge on any atom is -0.444 e. The van der Waals surface area contributed by atoms with E-state index in [1.54, 1.807) is 11.9 Å². The highest BCUT2D eigenvalue weighted by atomic mass is 16.6. The van der Waals surface area contributed by atoms with Crippen LogP contribution in [0.2, 0.25) is 0 Å². The molecule has 5 nitrogen and oxygen atoms in total. The van der Waals surface area contributed by atoms with Gasteiger partial charge in [-0.15, -0.1) is 0 Å². The highest BCUT2D eigenvalue weighted by molar-refractivity contribution is 5.91. The van der Waals surface area contributed by atoms with E-state index < -0.39 is 5.60 Å². The lowest BCUT2D eigenvalue weighted by molar-refractivity contribution is 0.0223. The second-order valence-corrected chi connectivity index (χ2v) is 5.23. The molecule has 0 radical (unpaired) electrons. The molecule has 0 aromatic heterocycles. The Kier molecular flexibility index (Phi) is 6.99. The summed E-state index contributed by atoms with van der Waals surface area (Å²) in [7, 11) is 1.63. The molecule has 0 bridgehead atoms. The third kappa shape index (κ3) is 6.14. The summed E-state index contributed by atoms with van der Waals surface area (Å²) in [5.41, 5.74) is -0.522. The Bertz CT molecular complexity index is 364. The van der Waals surface area contributed by atoms with Gasteiger partial charge in [0.25, 0.3) is 0 Å². The smallest absolute Gasteiger partial charge is 0.410 e. The van der Waals surface area contributed by atoms with Gasteiger partial charge in [0.1, 0.15) is 11.4 Å². The van der Waals surface area contributed by atoms with Gasteiger partial charge in [-0.05, 0) is 34.1 Å². The fraction of sp³-hybridized carbons (Fsp3) is 0.714. The first-order chi connectivity index (χ1) is 8.76. The topological polar surface area (TPSA) is 53.9 Å². The molecular weight excluding hydrogens is 242 g/mol. The van der Waals surface area contributed by atoms with Crippen molar-refractivity contribution < 1.29 is 9.53 Å². The Balaban J connectivity index is 5.00. The van der Waals surface area contributed by atoms with E-state index in [0.717, 1.165) is 6.42 Å². The zero-order chi connectivity index (χ0) is 15.1. The third-order valence-electron chi connectivity index (χ3n) is 2.40. The van der Waals surface area contributed by atoms with E-state index in [1.165, 1.54) is 0 Å². The van der Waals surface area contributed by atoms with Crippen molar-refractivity contribution >= 4 is 11.9 Å². The summed E-state index contributed by atoms with van der Waals surface area (Å²) in [6.45, 7) is 9.98. The molecule has 5 heteroatoms. The number of hydrogen-bond donors (Lipinski definition) is 1. The van der Waals surface area contributed by atoms with Crippen LogP contribution in [0.5, 0.6) is 0 Å². The molecule has 1 unspecified atom stereocenters. The lowest BCUT2D eigenvalue weighted by Crippen LogP contribution is -2.49. The van der Waals surface area contributed by atoms with E-state index in [9.17, 15) is 4.79 Å². The van der Waals surface area contributed by atoms with Gasteiger partial charge in [-0.2, -0.15) is 0 Å². The Morgan fingerprint density at radius 3 is 2.47 bits per heavy atom. The van der Waals surface area contributed by atoms with Crippen LogP contribution in [0, 0.1) is 12.5 Å². The van der Waals surface area contributed by atoms with Gasteiger partial charge >= 0.3 is 6.09 Å². The second kappa shape index (κ2) is 7.67. The van der Waals surface area contributed by atoms with Crippen molar-refractivity contribution in [3.63, 3.8) is 0 Å². The zero-order valence-electron chi connectivity index (χ0n) is 12.8. The number of amidine groups is 1. The minimum absolute atomic E-state index is 0.254. The molecular formula is C14H25N3O2. The molecule has 1 atom stereocenters. The molecule has 0 aromatic carbocycles. The van der Waals surface area contributed by atoms with E-state index in [4.69, 9.17) is 11.2 Å². The first-order valence-electron chi connectivity index (χ1n) is 6.44. The first-order valence-corrected chi connectivity index (χ1v) is 6.44. The van der Waals surface area contributed by atoms with Gasteiger partial charge in [0.2, 0.25) is 0 Å². The van der Waals surface area contributed by atoms with E-state index in [1.807, 2.05) is 34.6 Å². The fourth-order valence-electron chi connectivity index (χ4n) is 1.57. The van der Waals surface area contributed by atoms with Gasteiger partial charge in [0.15, 0.2) is 0 Å². The van der Waals surface area contributed by atoms with E-state index in [0.29, 0.717) is 12.4 Å². The summed E-state index contributed by atoms with van der Waals surface area (Å²) in [6.07, 6.45) is 5.69. The molecule has 0 saturated heterocycles. The Labute approximate surface area is 116 Å². The van der Waals surface area contributed by atoms with Gasteiger partial charge in [-0.1, -0.05) is 13.3 Å². The van der Waals surface area contributed by atoms with Gasteiger partial charge < -0.3 is 10.1 Å². The summed E-state index contributed by atoms with van der Waals surface area (Å²) in [5, 5.41) is 2.72. The molecule has 0 aromatic rings. The molecule has 0 aliphatic rings. The van der Waals surface area contributed by atoms with Gasteiger partial charge in [0.05, 0.1) is 6.04 Å². The van der Waals surface area contributed by atoms with Crippen molar-refractivity contribution in [2.24, 2.45) is 4.99 Å². The van der Waals surface area contributed by atoms with Gasteiger partial charge in [-0.25, -0.2) is 4.79 Å². The minimum atomic E-state index is -0.522. The number of rotatable bonds is 4. The van der Waals surface area contributed by atoms with E-state index in [2.05, 4.69) is 16.4 Å². The number of nitrogens with one attached hydrogen (secondary N) is 1. The number of amides is 1. The second-order valence-electron chi connectivity index (χ2n) is 5.23. The Morgan fingerprint density at radius 1 is 1.53 bits per heavy atom. The van der Waals surface area contributed by atoms with Crippen molar-refractivity contribution in [3.8, 4) is 12.5 Å². The normalized spacial score (nSPS) is 13.4. The van der Waals surface area contributed by atoms with Crippen LogP contribution in [0.4, 0.5) is 4.79 Å². The third-order valence-corrected chi connectivity index (χ3v) is 2.40. The SMILES string of the molecule is C#CNC(=NC)C(C)N(CCC)C(=O)OC(C)(C)C.